The summed E-state index contributed by atoms with van der Waals surface area (Å²) in [5.74, 6) is -1.95. The fraction of sp³-hybridized carbons (Fsp3) is 0.269. The van der Waals surface area contributed by atoms with Crippen molar-refractivity contribution in [2.45, 2.75) is 12.3 Å². The van der Waals surface area contributed by atoms with E-state index < -0.39 is 11.9 Å². The molecular formula is C26H23NO8. The summed E-state index contributed by atoms with van der Waals surface area (Å²) in [6, 6.07) is 9.57. The lowest BCUT2D eigenvalue weighted by molar-refractivity contribution is -0.140. The number of ketones is 1. The molecule has 0 saturated carbocycles. The molecule has 35 heavy (non-hydrogen) atoms. The molecular weight excluding hydrogens is 454 g/mol. The molecule has 1 fully saturated rings. The zero-order valence-electron chi connectivity index (χ0n) is 19.0. The van der Waals surface area contributed by atoms with E-state index in [1.807, 2.05) is 4.90 Å². The first-order valence-electron chi connectivity index (χ1n) is 11.2. The number of phenolic OH excluding ortho intramolecular Hbond substituents is 1. The average Bonchev–Trinajstić information content (AvgIpc) is 3.18. The molecule has 0 bridgehead atoms. The number of aromatic hydroxyl groups is 1. The van der Waals surface area contributed by atoms with E-state index in [0.717, 1.165) is 0 Å². The van der Waals surface area contributed by atoms with Crippen molar-refractivity contribution >= 4 is 22.7 Å². The fourth-order valence-corrected chi connectivity index (χ4v) is 4.41. The molecule has 3 heterocycles. The van der Waals surface area contributed by atoms with Gasteiger partial charge in [0.15, 0.2) is 11.2 Å². The number of methoxy groups -OCH3 is 1. The Balaban J connectivity index is 1.64. The summed E-state index contributed by atoms with van der Waals surface area (Å²) in [6.07, 6.45) is 2.63. The topological polar surface area (TPSA) is 116 Å². The molecule has 0 aliphatic carbocycles. The van der Waals surface area contributed by atoms with E-state index in [-0.39, 0.29) is 51.6 Å². The van der Waals surface area contributed by atoms with Crippen molar-refractivity contribution in [3.8, 4) is 11.5 Å². The van der Waals surface area contributed by atoms with E-state index in [1.54, 1.807) is 30.5 Å². The molecule has 2 aromatic carbocycles. The summed E-state index contributed by atoms with van der Waals surface area (Å²) in [5, 5.41) is 11.2. The Morgan fingerprint density at radius 1 is 1.17 bits per heavy atom. The van der Waals surface area contributed by atoms with Crippen molar-refractivity contribution in [3.63, 3.8) is 0 Å². The van der Waals surface area contributed by atoms with Crippen LogP contribution < -0.4 is 10.2 Å². The quantitative estimate of drug-likeness (QED) is 0.437. The Morgan fingerprint density at radius 3 is 2.71 bits per heavy atom. The van der Waals surface area contributed by atoms with Crippen molar-refractivity contribution in [1.82, 2.24) is 4.90 Å². The van der Waals surface area contributed by atoms with E-state index in [9.17, 15) is 19.5 Å². The van der Waals surface area contributed by atoms with Crippen molar-refractivity contribution in [2.24, 2.45) is 0 Å². The fourth-order valence-electron chi connectivity index (χ4n) is 4.41. The molecule has 2 aliphatic heterocycles. The molecule has 2 aliphatic rings. The summed E-state index contributed by atoms with van der Waals surface area (Å²) >= 11 is 0. The highest BCUT2D eigenvalue weighted by Crippen LogP contribution is 2.46. The van der Waals surface area contributed by atoms with Crippen LogP contribution in [0, 0.1) is 0 Å². The first kappa shape index (κ1) is 22.7. The van der Waals surface area contributed by atoms with Gasteiger partial charge in [-0.25, -0.2) is 0 Å². The predicted molar refractivity (Wildman–Crippen MR) is 125 cm³/mol. The van der Waals surface area contributed by atoms with Gasteiger partial charge in [0.2, 0.25) is 5.78 Å². The van der Waals surface area contributed by atoms with Crippen molar-refractivity contribution < 1.29 is 33.3 Å². The van der Waals surface area contributed by atoms with Crippen LogP contribution in [0.2, 0.25) is 0 Å². The van der Waals surface area contributed by atoms with Gasteiger partial charge >= 0.3 is 5.97 Å². The molecule has 1 atom stereocenters. The Labute approximate surface area is 200 Å². The summed E-state index contributed by atoms with van der Waals surface area (Å²) in [5.41, 5.74) is 0.555. The van der Waals surface area contributed by atoms with Crippen LogP contribution in [0.4, 0.5) is 0 Å². The van der Waals surface area contributed by atoms with Gasteiger partial charge in [0.05, 0.1) is 44.0 Å². The number of phenols is 1. The highest BCUT2D eigenvalue weighted by Gasteiger charge is 2.37. The Kier molecular flexibility index (Phi) is 6.00. The number of Topliss-reactive ketones (excluding diaryl/α,β-unsaturated/α-hetero) is 1. The van der Waals surface area contributed by atoms with Crippen LogP contribution in [0.25, 0.3) is 11.0 Å². The normalized spacial score (nSPS) is 17.3. The van der Waals surface area contributed by atoms with Gasteiger partial charge in [-0.3, -0.25) is 14.4 Å². The number of ether oxygens (including phenoxy) is 3. The number of nitrogens with zero attached hydrogens (tertiary/aromatic N) is 1. The van der Waals surface area contributed by atoms with Crippen LogP contribution in [0.3, 0.4) is 0 Å². The van der Waals surface area contributed by atoms with E-state index in [1.165, 1.54) is 25.5 Å². The van der Waals surface area contributed by atoms with E-state index in [0.29, 0.717) is 37.3 Å². The third-order valence-corrected chi connectivity index (χ3v) is 6.23. The van der Waals surface area contributed by atoms with Crippen molar-refractivity contribution in [3.05, 3.63) is 81.5 Å². The summed E-state index contributed by atoms with van der Waals surface area (Å²) in [4.78, 5) is 40.8. The zero-order valence-corrected chi connectivity index (χ0v) is 19.0. The molecule has 0 amide bonds. The van der Waals surface area contributed by atoms with Crippen LogP contribution >= 0.6 is 0 Å². The maximum atomic E-state index is 13.4. The smallest absolute Gasteiger partial charge is 0.306 e. The molecule has 0 unspecified atom stereocenters. The van der Waals surface area contributed by atoms with Gasteiger partial charge < -0.3 is 28.6 Å². The third kappa shape index (κ3) is 4.15. The Bertz CT molecular complexity index is 1400. The number of esters is 1. The molecule has 3 aromatic rings. The monoisotopic (exact) mass is 477 g/mol. The number of carbonyl (C=O) groups excluding carboxylic acids is 2. The van der Waals surface area contributed by atoms with Gasteiger partial charge in [-0.2, -0.15) is 0 Å². The summed E-state index contributed by atoms with van der Waals surface area (Å²) < 4.78 is 21.8. The number of carbonyl (C=O) groups is 2. The second kappa shape index (κ2) is 9.27. The third-order valence-electron chi connectivity index (χ3n) is 6.23. The number of benzene rings is 2. The van der Waals surface area contributed by atoms with Gasteiger partial charge in [-0.15, -0.1) is 0 Å². The maximum absolute atomic E-state index is 13.4. The van der Waals surface area contributed by atoms with Gasteiger partial charge in [0.25, 0.3) is 0 Å². The second-order valence-electron chi connectivity index (χ2n) is 8.30. The van der Waals surface area contributed by atoms with Crippen LogP contribution in [-0.2, 0) is 14.3 Å². The van der Waals surface area contributed by atoms with Crippen molar-refractivity contribution in [2.75, 3.05) is 33.4 Å². The number of rotatable bonds is 5. The molecule has 0 spiro atoms. The number of para-hydroxylation sites is 1. The van der Waals surface area contributed by atoms with Gasteiger partial charge in [-0.05, 0) is 24.3 Å². The standard InChI is InChI=1S/C26H23NO8/c1-32-22(29)12-17(18-14-34-20-5-3-2-4-15(20)24(18)30)23-19(28)7-6-16-25(31)21(35-26(16)23)13-27-8-10-33-11-9-27/h2-7,13-14,17,28H,8-12H2,1H3/b21-13-/t17-/m1/s1. The largest absolute Gasteiger partial charge is 0.508 e. The van der Waals surface area contributed by atoms with Crippen LogP contribution in [-0.4, -0.2) is 55.2 Å². The van der Waals surface area contributed by atoms with Gasteiger partial charge in [-0.1, -0.05) is 12.1 Å². The number of morpholine rings is 1. The molecule has 1 saturated heterocycles. The Hall–Kier alpha value is -4.11. The minimum absolute atomic E-state index is 0.0936. The van der Waals surface area contributed by atoms with Crippen LogP contribution in [0.5, 0.6) is 11.5 Å². The Morgan fingerprint density at radius 2 is 1.94 bits per heavy atom. The second-order valence-corrected chi connectivity index (χ2v) is 8.30. The van der Waals surface area contributed by atoms with E-state index >= 15 is 0 Å². The molecule has 5 rings (SSSR count). The van der Waals surface area contributed by atoms with Gasteiger partial charge in [0.1, 0.15) is 17.1 Å². The average molecular weight is 477 g/mol. The molecule has 9 nitrogen and oxygen atoms in total. The lowest BCUT2D eigenvalue weighted by atomic mass is 9.86. The van der Waals surface area contributed by atoms with Crippen LogP contribution in [0.15, 0.2) is 63.8 Å². The van der Waals surface area contributed by atoms with Crippen molar-refractivity contribution in [1.29, 1.82) is 0 Å². The minimum atomic E-state index is -0.978. The first-order valence-corrected chi connectivity index (χ1v) is 11.2. The molecule has 0 radical (unpaired) electrons. The molecule has 180 valence electrons. The van der Waals surface area contributed by atoms with E-state index in [2.05, 4.69) is 0 Å². The lowest BCUT2D eigenvalue weighted by Gasteiger charge is -2.25. The molecule has 1 aromatic heterocycles. The number of hydrogen-bond acceptors (Lipinski definition) is 9. The van der Waals surface area contributed by atoms with E-state index in [4.69, 9.17) is 18.6 Å². The summed E-state index contributed by atoms with van der Waals surface area (Å²) in [7, 11) is 1.24. The molecule has 9 heteroatoms. The number of fused-ring (bicyclic) bond motifs is 2. The first-order chi connectivity index (χ1) is 17.0. The highest BCUT2D eigenvalue weighted by molar-refractivity contribution is 6.12. The number of hydrogen-bond donors (Lipinski definition) is 1. The highest BCUT2D eigenvalue weighted by atomic mass is 16.5. The molecule has 1 N–H and O–H groups in total. The maximum Gasteiger partial charge on any atom is 0.306 e. The van der Waals surface area contributed by atoms with Gasteiger partial charge in [0, 0.05) is 36.3 Å². The zero-order chi connectivity index (χ0) is 24.5. The number of allylic oxidation sites excluding steroid dienone is 1. The van der Waals surface area contributed by atoms with Crippen LogP contribution in [0.1, 0.15) is 33.8 Å². The summed E-state index contributed by atoms with van der Waals surface area (Å²) in [6.45, 7) is 2.29. The lowest BCUT2D eigenvalue weighted by Crippen LogP contribution is -2.32. The minimum Gasteiger partial charge on any atom is -0.508 e. The SMILES string of the molecule is COC(=O)C[C@@H](c1c(O)ccc2c1O/C(=C\N1CCOCC1)C2=O)c1coc2ccccc2c1=O. The predicted octanol–water partition coefficient (Wildman–Crippen LogP) is 2.94.